The predicted molar refractivity (Wildman–Crippen MR) is 49.9 cm³/mol. The Bertz CT molecular complexity index is 313. The van der Waals surface area contributed by atoms with E-state index in [9.17, 15) is 4.79 Å². The second-order valence-electron chi connectivity index (χ2n) is 2.52. The van der Waals surface area contributed by atoms with Crippen LogP contribution < -0.4 is 10.6 Å². The summed E-state index contributed by atoms with van der Waals surface area (Å²) in [5.74, 6) is 2.87. The largest absolute Gasteiger partial charge is 0.348 e. The van der Waals surface area contributed by atoms with E-state index in [0.717, 1.165) is 0 Å². The average molecular weight is 193 g/mol. The summed E-state index contributed by atoms with van der Waals surface area (Å²) >= 11 is 0. The number of amides is 1. The highest BCUT2D eigenvalue weighted by Crippen LogP contribution is 1.82. The fraction of sp³-hybridized carbons (Fsp3) is 0.375. The monoisotopic (exact) mass is 193 g/mol. The summed E-state index contributed by atoms with van der Waals surface area (Å²) in [4.78, 5) is 15.0. The van der Waals surface area contributed by atoms with Gasteiger partial charge in [0.1, 0.15) is 12.2 Å². The van der Waals surface area contributed by atoms with Crippen LogP contribution in [-0.4, -0.2) is 34.2 Å². The van der Waals surface area contributed by atoms with Crippen LogP contribution in [-0.2, 0) is 11.3 Å². The zero-order chi connectivity index (χ0) is 10.2. The Labute approximate surface area is 81.5 Å². The molecular formula is C8H11N5O. The van der Waals surface area contributed by atoms with Gasteiger partial charge in [-0.3, -0.25) is 15.2 Å². The molecule has 0 aliphatic rings. The van der Waals surface area contributed by atoms with Gasteiger partial charge in [0.25, 0.3) is 0 Å². The first kappa shape index (κ1) is 10.2. The summed E-state index contributed by atoms with van der Waals surface area (Å²) in [6.07, 6.45) is 6.39. The Hall–Kier alpha value is -1.87. The quantitative estimate of drug-likeness (QED) is 0.398. The summed E-state index contributed by atoms with van der Waals surface area (Å²) in [6.45, 7) is 0.935. The number of nitrogens with one attached hydrogen (secondary N) is 3. The van der Waals surface area contributed by atoms with Gasteiger partial charge in [-0.2, -0.15) is 5.10 Å². The number of H-pyrrole nitrogens is 1. The van der Waals surface area contributed by atoms with E-state index in [2.05, 4.69) is 31.7 Å². The molecule has 0 radical (unpaired) electrons. The number of aromatic amines is 1. The van der Waals surface area contributed by atoms with Gasteiger partial charge < -0.3 is 5.32 Å². The maximum Gasteiger partial charge on any atom is 0.234 e. The minimum absolute atomic E-state index is 0.128. The van der Waals surface area contributed by atoms with Crippen molar-refractivity contribution in [3.8, 4) is 12.3 Å². The Kier molecular flexibility index (Phi) is 4.17. The van der Waals surface area contributed by atoms with Crippen LogP contribution in [0.15, 0.2) is 6.33 Å². The molecule has 0 spiro atoms. The predicted octanol–water partition coefficient (Wildman–Crippen LogP) is -1.36. The molecule has 1 aromatic heterocycles. The lowest BCUT2D eigenvalue weighted by molar-refractivity contribution is -0.120. The highest BCUT2D eigenvalue weighted by molar-refractivity contribution is 5.77. The maximum absolute atomic E-state index is 11.1. The first-order valence-corrected chi connectivity index (χ1v) is 4.08. The molecule has 6 heteroatoms. The smallest absolute Gasteiger partial charge is 0.234 e. The summed E-state index contributed by atoms with van der Waals surface area (Å²) in [6, 6.07) is 0. The molecular weight excluding hydrogens is 182 g/mol. The Morgan fingerprint density at radius 1 is 1.71 bits per heavy atom. The second kappa shape index (κ2) is 5.72. The first-order valence-electron chi connectivity index (χ1n) is 4.08. The van der Waals surface area contributed by atoms with Crippen molar-refractivity contribution in [3.63, 3.8) is 0 Å². The fourth-order valence-electron chi connectivity index (χ4n) is 0.809. The van der Waals surface area contributed by atoms with Crippen molar-refractivity contribution in [2.45, 2.75) is 6.54 Å². The van der Waals surface area contributed by atoms with Gasteiger partial charge in [-0.05, 0) is 0 Å². The van der Waals surface area contributed by atoms with Crippen LogP contribution in [0.5, 0.6) is 0 Å². The van der Waals surface area contributed by atoms with Crippen molar-refractivity contribution in [1.82, 2.24) is 25.8 Å². The highest BCUT2D eigenvalue weighted by atomic mass is 16.1. The van der Waals surface area contributed by atoms with Gasteiger partial charge >= 0.3 is 0 Å². The SMILES string of the molecule is C#CCNCC(=O)NCc1ncn[nH]1. The van der Waals surface area contributed by atoms with Crippen molar-refractivity contribution in [1.29, 1.82) is 0 Å². The van der Waals surface area contributed by atoms with E-state index in [1.54, 1.807) is 0 Å². The van der Waals surface area contributed by atoms with Crippen LogP contribution in [0.1, 0.15) is 5.82 Å². The van der Waals surface area contributed by atoms with Gasteiger partial charge in [0.2, 0.25) is 5.91 Å². The summed E-state index contributed by atoms with van der Waals surface area (Å²) in [5, 5.41) is 11.7. The first-order chi connectivity index (χ1) is 6.83. The molecule has 1 heterocycles. The van der Waals surface area contributed by atoms with E-state index < -0.39 is 0 Å². The van der Waals surface area contributed by atoms with E-state index in [4.69, 9.17) is 6.42 Å². The van der Waals surface area contributed by atoms with Crippen molar-refractivity contribution in [2.24, 2.45) is 0 Å². The van der Waals surface area contributed by atoms with E-state index >= 15 is 0 Å². The third-order valence-corrected chi connectivity index (χ3v) is 1.43. The molecule has 1 amide bonds. The van der Waals surface area contributed by atoms with Crippen LogP contribution in [0.2, 0.25) is 0 Å². The van der Waals surface area contributed by atoms with Gasteiger partial charge in [0.15, 0.2) is 0 Å². The lowest BCUT2D eigenvalue weighted by atomic mass is 10.5. The number of terminal acetylenes is 1. The summed E-state index contributed by atoms with van der Waals surface area (Å²) < 4.78 is 0. The molecule has 0 atom stereocenters. The second-order valence-corrected chi connectivity index (χ2v) is 2.52. The van der Waals surface area contributed by atoms with Crippen LogP contribution in [0.4, 0.5) is 0 Å². The van der Waals surface area contributed by atoms with Crippen molar-refractivity contribution < 1.29 is 4.79 Å². The van der Waals surface area contributed by atoms with Crippen molar-refractivity contribution in [3.05, 3.63) is 12.2 Å². The van der Waals surface area contributed by atoms with Crippen molar-refractivity contribution >= 4 is 5.91 Å². The highest BCUT2D eigenvalue weighted by Gasteiger charge is 2.00. The number of rotatable bonds is 5. The van der Waals surface area contributed by atoms with E-state index in [1.807, 2.05) is 0 Å². The van der Waals surface area contributed by atoms with Crippen molar-refractivity contribution in [2.75, 3.05) is 13.1 Å². The number of nitrogens with zero attached hydrogens (tertiary/aromatic N) is 2. The van der Waals surface area contributed by atoms with E-state index in [1.165, 1.54) is 6.33 Å². The fourth-order valence-corrected chi connectivity index (χ4v) is 0.809. The molecule has 1 rings (SSSR count). The zero-order valence-electron chi connectivity index (χ0n) is 7.58. The standard InChI is InChI=1S/C8H11N5O/c1-2-3-9-5-8(14)10-4-7-11-6-12-13-7/h1,6,9H,3-5H2,(H,10,14)(H,11,12,13). The zero-order valence-corrected chi connectivity index (χ0v) is 7.58. The lowest BCUT2D eigenvalue weighted by Crippen LogP contribution is -2.33. The molecule has 0 bridgehead atoms. The topological polar surface area (TPSA) is 82.7 Å². The molecule has 3 N–H and O–H groups in total. The minimum Gasteiger partial charge on any atom is -0.348 e. The van der Waals surface area contributed by atoms with Gasteiger partial charge in [-0.15, -0.1) is 6.42 Å². The number of hydrogen-bond acceptors (Lipinski definition) is 4. The Balaban J connectivity index is 2.13. The third kappa shape index (κ3) is 3.69. The summed E-state index contributed by atoms with van der Waals surface area (Å²) in [5.41, 5.74) is 0. The maximum atomic E-state index is 11.1. The molecule has 0 aromatic carbocycles. The molecule has 0 aliphatic carbocycles. The van der Waals surface area contributed by atoms with E-state index in [-0.39, 0.29) is 12.5 Å². The third-order valence-electron chi connectivity index (χ3n) is 1.43. The van der Waals surface area contributed by atoms with Gasteiger partial charge in [0, 0.05) is 0 Å². The van der Waals surface area contributed by atoms with Crippen LogP contribution in [0.3, 0.4) is 0 Å². The van der Waals surface area contributed by atoms with Crippen LogP contribution in [0.25, 0.3) is 0 Å². The molecule has 0 saturated heterocycles. The van der Waals surface area contributed by atoms with Gasteiger partial charge in [-0.25, -0.2) is 4.98 Å². The molecule has 14 heavy (non-hydrogen) atoms. The van der Waals surface area contributed by atoms with Crippen LogP contribution >= 0.6 is 0 Å². The Morgan fingerprint density at radius 2 is 2.57 bits per heavy atom. The molecule has 0 unspecified atom stereocenters. The number of hydrogen-bond donors (Lipinski definition) is 3. The van der Waals surface area contributed by atoms with E-state index in [0.29, 0.717) is 18.9 Å². The van der Waals surface area contributed by atoms with Crippen LogP contribution in [0, 0.1) is 12.3 Å². The molecule has 0 fully saturated rings. The van der Waals surface area contributed by atoms with Gasteiger partial charge in [-0.1, -0.05) is 5.92 Å². The average Bonchev–Trinajstić information content (AvgIpc) is 2.68. The minimum atomic E-state index is -0.128. The lowest BCUT2D eigenvalue weighted by Gasteiger charge is -2.02. The number of carbonyl (C=O) groups excluding carboxylic acids is 1. The Morgan fingerprint density at radius 3 is 3.21 bits per heavy atom. The molecule has 74 valence electrons. The summed E-state index contributed by atoms with van der Waals surface area (Å²) in [7, 11) is 0. The van der Waals surface area contributed by atoms with Gasteiger partial charge in [0.05, 0.1) is 19.6 Å². The number of carbonyl (C=O) groups is 1. The molecule has 6 nitrogen and oxygen atoms in total. The molecule has 0 aliphatic heterocycles. The molecule has 1 aromatic rings. The number of aromatic nitrogens is 3. The molecule has 0 saturated carbocycles. The normalized spacial score (nSPS) is 9.36.